The summed E-state index contributed by atoms with van der Waals surface area (Å²) in [6.45, 7) is 6.81. The number of carbonyl (C=O) groups excluding carboxylic acids is 1. The fraction of sp³-hybridized carbons (Fsp3) is 0.231. The van der Waals surface area contributed by atoms with E-state index >= 15 is 0 Å². The van der Waals surface area contributed by atoms with Crippen molar-refractivity contribution in [2.24, 2.45) is 0 Å². The molecule has 0 bridgehead atoms. The molecule has 0 unspecified atom stereocenters. The fourth-order valence-electron chi connectivity index (χ4n) is 3.57. The summed E-state index contributed by atoms with van der Waals surface area (Å²) in [4.78, 5) is 17.0. The van der Waals surface area contributed by atoms with E-state index in [1.807, 2.05) is 12.1 Å². The zero-order chi connectivity index (χ0) is 22.7. The van der Waals surface area contributed by atoms with Crippen LogP contribution in [0.25, 0.3) is 11.0 Å². The summed E-state index contributed by atoms with van der Waals surface area (Å²) in [6, 6.07) is 18.4. The number of carbonyl (C=O) groups is 1. The average molecular weight is 449 g/mol. The van der Waals surface area contributed by atoms with E-state index in [9.17, 15) is 9.18 Å². The topological polar surface area (TPSA) is 44.1 Å². The molecule has 0 saturated heterocycles. The van der Waals surface area contributed by atoms with E-state index in [0.29, 0.717) is 18.7 Å². The number of benzene rings is 3. The number of imidazole rings is 1. The third-order valence-electron chi connectivity index (χ3n) is 5.39. The van der Waals surface area contributed by atoms with Gasteiger partial charge in [0.25, 0.3) is 0 Å². The van der Waals surface area contributed by atoms with Gasteiger partial charge in [-0.3, -0.25) is 0 Å². The molecule has 0 atom stereocenters. The predicted octanol–water partition coefficient (Wildman–Crippen LogP) is 6.31. The molecule has 32 heavy (non-hydrogen) atoms. The molecule has 0 spiro atoms. The first-order valence-electron chi connectivity index (χ1n) is 10.6. The van der Waals surface area contributed by atoms with E-state index in [1.54, 1.807) is 36.9 Å². The third kappa shape index (κ3) is 4.86. The van der Waals surface area contributed by atoms with Gasteiger partial charge in [-0.05, 0) is 73.4 Å². The molecule has 0 fully saturated rings. The molecule has 6 heteroatoms. The van der Waals surface area contributed by atoms with E-state index in [0.717, 1.165) is 27.5 Å². The summed E-state index contributed by atoms with van der Waals surface area (Å²) in [6.07, 6.45) is 0. The van der Waals surface area contributed by atoms with Gasteiger partial charge in [-0.1, -0.05) is 42.1 Å². The van der Waals surface area contributed by atoms with E-state index in [1.165, 1.54) is 28.8 Å². The number of nitrogens with zero attached hydrogens (tertiary/aromatic N) is 2. The number of hydrogen-bond donors (Lipinski definition) is 0. The van der Waals surface area contributed by atoms with Gasteiger partial charge in [0.2, 0.25) is 0 Å². The zero-order valence-corrected chi connectivity index (χ0v) is 19.2. The molecule has 0 aliphatic heterocycles. The van der Waals surface area contributed by atoms with Crippen molar-refractivity contribution in [3.63, 3.8) is 0 Å². The molecular weight excluding hydrogens is 423 g/mol. The predicted molar refractivity (Wildman–Crippen MR) is 127 cm³/mol. The lowest BCUT2D eigenvalue weighted by Crippen LogP contribution is -2.05. The van der Waals surface area contributed by atoms with Crippen molar-refractivity contribution in [2.45, 2.75) is 38.2 Å². The van der Waals surface area contributed by atoms with E-state index in [4.69, 9.17) is 9.72 Å². The number of aromatic nitrogens is 2. The minimum atomic E-state index is -0.363. The Bertz CT molecular complexity index is 1280. The van der Waals surface area contributed by atoms with Crippen LogP contribution in [-0.4, -0.2) is 22.1 Å². The van der Waals surface area contributed by atoms with Gasteiger partial charge in [0.1, 0.15) is 5.82 Å². The molecular formula is C26H25FN2O2S. The SMILES string of the molecule is CCOC(=O)c1ccc2c(c1)nc(SCc1ccc(C)c(C)c1)n2Cc1cccc(F)c1. The minimum Gasteiger partial charge on any atom is -0.462 e. The molecule has 164 valence electrons. The van der Waals surface area contributed by atoms with Crippen LogP contribution in [0.2, 0.25) is 0 Å². The Labute approximate surface area is 191 Å². The highest BCUT2D eigenvalue weighted by molar-refractivity contribution is 7.98. The lowest BCUT2D eigenvalue weighted by atomic mass is 10.1. The third-order valence-corrected chi connectivity index (χ3v) is 6.44. The Morgan fingerprint density at radius 2 is 1.88 bits per heavy atom. The number of fused-ring (bicyclic) bond motifs is 1. The number of aryl methyl sites for hydroxylation is 2. The van der Waals surface area contributed by atoms with Crippen molar-refractivity contribution in [2.75, 3.05) is 6.61 Å². The molecule has 3 aromatic carbocycles. The maximum absolute atomic E-state index is 13.8. The van der Waals surface area contributed by atoms with Gasteiger partial charge < -0.3 is 9.30 Å². The van der Waals surface area contributed by atoms with E-state index in [2.05, 4.69) is 36.6 Å². The Balaban J connectivity index is 1.70. The summed E-state index contributed by atoms with van der Waals surface area (Å²) in [7, 11) is 0. The van der Waals surface area contributed by atoms with Gasteiger partial charge in [-0.2, -0.15) is 0 Å². The van der Waals surface area contributed by atoms with Crippen LogP contribution >= 0.6 is 11.8 Å². The first-order valence-corrected chi connectivity index (χ1v) is 11.5. The second-order valence-electron chi connectivity index (χ2n) is 7.74. The molecule has 0 radical (unpaired) electrons. The first kappa shape index (κ1) is 22.1. The number of thioether (sulfide) groups is 1. The summed E-state index contributed by atoms with van der Waals surface area (Å²) in [5.41, 5.74) is 6.68. The van der Waals surface area contributed by atoms with Gasteiger partial charge in [-0.25, -0.2) is 14.2 Å². The van der Waals surface area contributed by atoms with Crippen LogP contribution in [0, 0.1) is 19.7 Å². The Hall–Kier alpha value is -3.12. The summed E-state index contributed by atoms with van der Waals surface area (Å²) >= 11 is 1.63. The molecule has 0 aliphatic carbocycles. The quantitative estimate of drug-likeness (QED) is 0.245. The highest BCUT2D eigenvalue weighted by Crippen LogP contribution is 2.29. The highest BCUT2D eigenvalue weighted by atomic mass is 32.2. The van der Waals surface area contributed by atoms with Crippen LogP contribution in [0.3, 0.4) is 0 Å². The van der Waals surface area contributed by atoms with E-state index in [-0.39, 0.29) is 11.8 Å². The Morgan fingerprint density at radius 1 is 1.03 bits per heavy atom. The standard InChI is InChI=1S/C26H25FN2O2S/c1-4-31-25(30)21-10-11-24-23(14-21)28-26(29(24)15-19-6-5-7-22(27)13-19)32-16-20-9-8-17(2)18(3)12-20/h5-14H,4,15-16H2,1-3H3. The number of esters is 1. The second kappa shape index (κ2) is 9.57. The minimum absolute atomic E-state index is 0.263. The van der Waals surface area contributed by atoms with Gasteiger partial charge in [-0.15, -0.1) is 0 Å². The zero-order valence-electron chi connectivity index (χ0n) is 18.4. The fourth-order valence-corrected chi connectivity index (χ4v) is 4.53. The Morgan fingerprint density at radius 3 is 2.62 bits per heavy atom. The largest absolute Gasteiger partial charge is 0.462 e. The van der Waals surface area contributed by atoms with Crippen LogP contribution in [0.1, 0.15) is 39.5 Å². The molecule has 0 N–H and O–H groups in total. The monoisotopic (exact) mass is 448 g/mol. The van der Waals surface area contributed by atoms with Crippen LogP contribution in [0.4, 0.5) is 4.39 Å². The molecule has 0 amide bonds. The van der Waals surface area contributed by atoms with Crippen LogP contribution in [-0.2, 0) is 17.0 Å². The lowest BCUT2D eigenvalue weighted by Gasteiger charge is -2.10. The molecule has 4 rings (SSSR count). The number of rotatable bonds is 7. The number of ether oxygens (including phenoxy) is 1. The number of hydrogen-bond acceptors (Lipinski definition) is 4. The normalized spacial score (nSPS) is 11.1. The highest BCUT2D eigenvalue weighted by Gasteiger charge is 2.15. The molecule has 1 aromatic heterocycles. The smallest absolute Gasteiger partial charge is 0.338 e. The molecule has 4 aromatic rings. The molecule has 1 heterocycles. The summed E-state index contributed by atoms with van der Waals surface area (Å²) < 4.78 is 21.0. The van der Waals surface area contributed by atoms with Crippen molar-refractivity contribution >= 4 is 28.8 Å². The number of halogens is 1. The van der Waals surface area contributed by atoms with Crippen LogP contribution in [0.15, 0.2) is 65.8 Å². The van der Waals surface area contributed by atoms with Gasteiger partial charge in [0.15, 0.2) is 5.16 Å². The molecule has 4 nitrogen and oxygen atoms in total. The van der Waals surface area contributed by atoms with Crippen molar-refractivity contribution in [1.82, 2.24) is 9.55 Å². The second-order valence-corrected chi connectivity index (χ2v) is 8.68. The first-order chi connectivity index (χ1) is 15.4. The van der Waals surface area contributed by atoms with Crippen molar-refractivity contribution in [3.8, 4) is 0 Å². The average Bonchev–Trinajstić information content (AvgIpc) is 3.11. The van der Waals surface area contributed by atoms with Crippen molar-refractivity contribution in [1.29, 1.82) is 0 Å². The molecule has 0 aliphatic rings. The van der Waals surface area contributed by atoms with Crippen LogP contribution in [0.5, 0.6) is 0 Å². The van der Waals surface area contributed by atoms with Crippen molar-refractivity contribution < 1.29 is 13.9 Å². The summed E-state index contributed by atoms with van der Waals surface area (Å²) in [5, 5.41) is 0.823. The Kier molecular flexibility index (Phi) is 6.61. The maximum Gasteiger partial charge on any atom is 0.338 e. The summed E-state index contributed by atoms with van der Waals surface area (Å²) in [5.74, 6) is 0.137. The van der Waals surface area contributed by atoms with Crippen LogP contribution < -0.4 is 0 Å². The van der Waals surface area contributed by atoms with Gasteiger partial charge in [0, 0.05) is 5.75 Å². The lowest BCUT2D eigenvalue weighted by molar-refractivity contribution is 0.0526. The van der Waals surface area contributed by atoms with Gasteiger partial charge in [0.05, 0.1) is 29.7 Å². The van der Waals surface area contributed by atoms with E-state index < -0.39 is 0 Å². The molecule has 0 saturated carbocycles. The van der Waals surface area contributed by atoms with Gasteiger partial charge >= 0.3 is 5.97 Å². The maximum atomic E-state index is 13.8. The van der Waals surface area contributed by atoms with Crippen molar-refractivity contribution in [3.05, 3.63) is 94.3 Å².